The molecule has 1 aliphatic carbocycles. The molecule has 5 aromatic carbocycles. The first-order valence-electron chi connectivity index (χ1n) is 12.0. The number of hydrogen-bond acceptors (Lipinski definition) is 1. The predicted molar refractivity (Wildman–Crippen MR) is 146 cm³/mol. The summed E-state index contributed by atoms with van der Waals surface area (Å²) in [5.74, 6) is 0. The van der Waals surface area contributed by atoms with Crippen LogP contribution in [-0.4, -0.2) is 9.38 Å². The number of rotatable bonds is 2. The van der Waals surface area contributed by atoms with Gasteiger partial charge in [0.15, 0.2) is 0 Å². The van der Waals surface area contributed by atoms with Crippen LogP contribution < -0.4 is 0 Å². The van der Waals surface area contributed by atoms with Gasteiger partial charge in [0.25, 0.3) is 0 Å². The van der Waals surface area contributed by atoms with E-state index in [1.165, 1.54) is 54.9 Å². The standard InChI is InChI=1S/C33H20N2/c1-2-7-24-19-30-28-16-15-25(26-8-5-9-27(33(26)28)29(30)18-23(24)6-1)21-11-13-22(14-12-21)31-20-35-17-4-3-10-32(35)34-31/h1-20H. The van der Waals surface area contributed by atoms with Crippen molar-refractivity contribution in [3.8, 4) is 44.6 Å². The number of aromatic nitrogens is 2. The van der Waals surface area contributed by atoms with Gasteiger partial charge in [-0.05, 0) is 79.2 Å². The van der Waals surface area contributed by atoms with E-state index < -0.39 is 0 Å². The normalized spacial score (nSPS) is 12.0. The Labute approximate surface area is 202 Å². The summed E-state index contributed by atoms with van der Waals surface area (Å²) in [5, 5.41) is 5.25. The fraction of sp³-hybridized carbons (Fsp3) is 0. The van der Waals surface area contributed by atoms with Crippen LogP contribution in [0.15, 0.2) is 122 Å². The van der Waals surface area contributed by atoms with Crippen LogP contribution in [-0.2, 0) is 0 Å². The highest BCUT2D eigenvalue weighted by molar-refractivity contribution is 6.20. The molecule has 0 bridgehead atoms. The lowest BCUT2D eigenvalue weighted by molar-refractivity contribution is 1.19. The smallest absolute Gasteiger partial charge is 0.137 e. The largest absolute Gasteiger partial charge is 0.306 e. The van der Waals surface area contributed by atoms with Gasteiger partial charge < -0.3 is 4.40 Å². The van der Waals surface area contributed by atoms with Crippen molar-refractivity contribution in [2.24, 2.45) is 0 Å². The van der Waals surface area contributed by atoms with Crippen LogP contribution in [0, 0.1) is 0 Å². The molecule has 0 radical (unpaired) electrons. The van der Waals surface area contributed by atoms with Crippen molar-refractivity contribution in [2.75, 3.05) is 0 Å². The van der Waals surface area contributed by atoms with Crippen LogP contribution in [0.5, 0.6) is 0 Å². The lowest BCUT2D eigenvalue weighted by atomic mass is 9.94. The maximum atomic E-state index is 4.78. The average molecular weight is 445 g/mol. The Balaban J connectivity index is 1.27. The zero-order valence-electron chi connectivity index (χ0n) is 18.9. The topological polar surface area (TPSA) is 17.3 Å². The Morgan fingerprint density at radius 1 is 0.514 bits per heavy atom. The highest BCUT2D eigenvalue weighted by Gasteiger charge is 2.23. The van der Waals surface area contributed by atoms with Gasteiger partial charge in [-0.2, -0.15) is 0 Å². The first kappa shape index (κ1) is 18.7. The Bertz CT molecular complexity index is 1860. The number of fused-ring (bicyclic) bond motifs is 5. The van der Waals surface area contributed by atoms with Gasteiger partial charge in [0.05, 0.1) is 5.69 Å². The van der Waals surface area contributed by atoms with E-state index in [0.717, 1.165) is 16.9 Å². The van der Waals surface area contributed by atoms with Crippen LogP contribution in [0.3, 0.4) is 0 Å². The van der Waals surface area contributed by atoms with Gasteiger partial charge in [0.2, 0.25) is 0 Å². The van der Waals surface area contributed by atoms with Crippen molar-refractivity contribution in [2.45, 2.75) is 0 Å². The van der Waals surface area contributed by atoms with Crippen molar-refractivity contribution in [3.63, 3.8) is 0 Å². The van der Waals surface area contributed by atoms with E-state index in [2.05, 4.69) is 102 Å². The third-order valence-corrected chi connectivity index (χ3v) is 7.36. The molecule has 0 N–H and O–H groups in total. The van der Waals surface area contributed by atoms with E-state index in [1.54, 1.807) is 0 Å². The molecule has 7 aromatic rings. The van der Waals surface area contributed by atoms with Crippen molar-refractivity contribution in [3.05, 3.63) is 122 Å². The van der Waals surface area contributed by atoms with Gasteiger partial charge in [-0.25, -0.2) is 4.98 Å². The first-order chi connectivity index (χ1) is 17.3. The SMILES string of the molecule is c1ccc2cc3c(cc2c1)-c1cccc2c(-c4ccc(-c5cn6ccccc6n5)cc4)ccc-3c12. The zero-order valence-corrected chi connectivity index (χ0v) is 18.9. The van der Waals surface area contributed by atoms with E-state index in [-0.39, 0.29) is 0 Å². The Morgan fingerprint density at radius 2 is 1.20 bits per heavy atom. The molecule has 35 heavy (non-hydrogen) atoms. The van der Waals surface area contributed by atoms with Crippen LogP contribution in [0.25, 0.3) is 71.8 Å². The predicted octanol–water partition coefficient (Wildman–Crippen LogP) is 8.62. The molecule has 2 aromatic heterocycles. The molecular formula is C33H20N2. The maximum absolute atomic E-state index is 4.78. The number of hydrogen-bond donors (Lipinski definition) is 0. The second-order valence-corrected chi connectivity index (χ2v) is 9.30. The van der Waals surface area contributed by atoms with Crippen LogP contribution in [0.1, 0.15) is 0 Å². The van der Waals surface area contributed by atoms with E-state index >= 15 is 0 Å². The number of nitrogens with zero attached hydrogens (tertiary/aromatic N) is 2. The summed E-state index contributed by atoms with van der Waals surface area (Å²) >= 11 is 0. The van der Waals surface area contributed by atoms with Crippen molar-refractivity contribution in [1.29, 1.82) is 0 Å². The van der Waals surface area contributed by atoms with Crippen LogP contribution in [0.4, 0.5) is 0 Å². The summed E-state index contributed by atoms with van der Waals surface area (Å²) < 4.78 is 2.06. The summed E-state index contributed by atoms with van der Waals surface area (Å²) in [6, 6.07) is 39.5. The lowest BCUT2D eigenvalue weighted by Crippen LogP contribution is -1.84. The maximum Gasteiger partial charge on any atom is 0.137 e. The Morgan fingerprint density at radius 3 is 1.97 bits per heavy atom. The highest BCUT2D eigenvalue weighted by Crippen LogP contribution is 2.50. The molecule has 0 fully saturated rings. The molecular weight excluding hydrogens is 424 g/mol. The summed E-state index contributed by atoms with van der Waals surface area (Å²) in [5.41, 5.74) is 10.9. The zero-order chi connectivity index (χ0) is 22.9. The molecule has 0 spiro atoms. The molecule has 1 aliphatic rings. The van der Waals surface area contributed by atoms with E-state index in [0.29, 0.717) is 0 Å². The van der Waals surface area contributed by atoms with E-state index in [1.807, 2.05) is 24.4 Å². The molecule has 2 heteroatoms. The third kappa shape index (κ3) is 2.68. The summed E-state index contributed by atoms with van der Waals surface area (Å²) in [7, 11) is 0. The molecule has 0 aliphatic heterocycles. The van der Waals surface area contributed by atoms with E-state index in [4.69, 9.17) is 4.98 Å². The number of benzene rings is 5. The first-order valence-corrected chi connectivity index (χ1v) is 12.0. The summed E-state index contributed by atoms with van der Waals surface area (Å²) in [6.07, 6.45) is 4.12. The fourth-order valence-corrected chi connectivity index (χ4v) is 5.69. The van der Waals surface area contributed by atoms with E-state index in [9.17, 15) is 0 Å². The highest BCUT2D eigenvalue weighted by atomic mass is 15.0. The van der Waals surface area contributed by atoms with Gasteiger partial charge in [-0.3, -0.25) is 0 Å². The Hall–Kier alpha value is -4.69. The minimum atomic E-state index is 0.964. The van der Waals surface area contributed by atoms with Crippen molar-refractivity contribution < 1.29 is 0 Å². The average Bonchev–Trinajstić information content (AvgIpc) is 3.49. The molecule has 2 nitrogen and oxygen atoms in total. The molecule has 0 amide bonds. The molecule has 162 valence electrons. The fourth-order valence-electron chi connectivity index (χ4n) is 5.69. The third-order valence-electron chi connectivity index (χ3n) is 7.36. The minimum absolute atomic E-state index is 0.964. The number of pyridine rings is 1. The second-order valence-electron chi connectivity index (χ2n) is 9.30. The van der Waals surface area contributed by atoms with Gasteiger partial charge in [0.1, 0.15) is 5.65 Å². The molecule has 0 saturated carbocycles. The molecule has 2 heterocycles. The van der Waals surface area contributed by atoms with Crippen molar-refractivity contribution >= 4 is 27.2 Å². The molecule has 0 unspecified atom stereocenters. The van der Waals surface area contributed by atoms with Gasteiger partial charge in [0, 0.05) is 18.0 Å². The minimum Gasteiger partial charge on any atom is -0.306 e. The van der Waals surface area contributed by atoms with Crippen LogP contribution in [0.2, 0.25) is 0 Å². The molecule has 0 saturated heterocycles. The van der Waals surface area contributed by atoms with Crippen molar-refractivity contribution in [1.82, 2.24) is 9.38 Å². The van der Waals surface area contributed by atoms with Crippen LogP contribution >= 0.6 is 0 Å². The van der Waals surface area contributed by atoms with Gasteiger partial charge in [-0.15, -0.1) is 0 Å². The van der Waals surface area contributed by atoms with Gasteiger partial charge >= 0.3 is 0 Å². The summed E-state index contributed by atoms with van der Waals surface area (Å²) in [4.78, 5) is 4.78. The Kier molecular flexibility index (Phi) is 3.69. The second kappa shape index (κ2) is 6.91. The summed E-state index contributed by atoms with van der Waals surface area (Å²) in [6.45, 7) is 0. The molecule has 8 rings (SSSR count). The monoisotopic (exact) mass is 444 g/mol. The lowest BCUT2D eigenvalue weighted by Gasteiger charge is -2.10. The quantitative estimate of drug-likeness (QED) is 0.261. The molecule has 0 atom stereocenters. The number of imidazole rings is 1. The van der Waals surface area contributed by atoms with Gasteiger partial charge in [-0.1, -0.05) is 84.9 Å².